The second-order valence-electron chi connectivity index (χ2n) is 6.37. The molecule has 0 radical (unpaired) electrons. The van der Waals surface area contributed by atoms with Gasteiger partial charge in [0.05, 0.1) is 22.3 Å². The van der Waals surface area contributed by atoms with Gasteiger partial charge in [-0.15, -0.1) is 0 Å². The Kier molecular flexibility index (Phi) is 3.99. The smallest absolute Gasteiger partial charge is 0.225 e. The van der Waals surface area contributed by atoms with Crippen LogP contribution in [0.5, 0.6) is 0 Å². The molecule has 24 heavy (non-hydrogen) atoms. The largest absolute Gasteiger partial charge is 0.365 e. The number of piperidine rings is 1. The molecule has 2 unspecified atom stereocenters. The van der Waals surface area contributed by atoms with Gasteiger partial charge in [-0.3, -0.25) is 0 Å². The molecule has 0 amide bonds. The van der Waals surface area contributed by atoms with Gasteiger partial charge in [0.2, 0.25) is 5.95 Å². The number of rotatable bonds is 2. The maximum Gasteiger partial charge on any atom is 0.225 e. The van der Waals surface area contributed by atoms with E-state index in [2.05, 4.69) is 25.8 Å². The lowest BCUT2D eigenvalue weighted by Crippen LogP contribution is -2.49. The van der Waals surface area contributed by atoms with E-state index in [-0.39, 0.29) is 0 Å². The standard InChI is InChI=1S/C18H18ClN5/c19-15-10-13(11-20)2-3-16(15)24-9-5-14-4-8-23(12-17(14)24)18-21-6-1-7-22-18/h1-3,6-7,10,14,17H,4-5,8-9,12H2. The average Bonchev–Trinajstić information content (AvgIpc) is 3.05. The number of fused-ring (bicyclic) bond motifs is 1. The van der Waals surface area contributed by atoms with E-state index >= 15 is 0 Å². The zero-order valence-corrected chi connectivity index (χ0v) is 14.0. The van der Waals surface area contributed by atoms with Gasteiger partial charge >= 0.3 is 0 Å². The topological polar surface area (TPSA) is 56.1 Å². The number of aromatic nitrogens is 2. The van der Waals surface area contributed by atoms with Gasteiger partial charge in [-0.25, -0.2) is 9.97 Å². The molecule has 2 aliphatic rings. The normalized spacial score (nSPS) is 23.0. The van der Waals surface area contributed by atoms with Crippen molar-refractivity contribution in [3.8, 4) is 6.07 Å². The van der Waals surface area contributed by atoms with Gasteiger partial charge < -0.3 is 9.80 Å². The summed E-state index contributed by atoms with van der Waals surface area (Å²) in [6, 6.07) is 9.97. The van der Waals surface area contributed by atoms with Crippen LogP contribution >= 0.6 is 11.6 Å². The Morgan fingerprint density at radius 3 is 2.71 bits per heavy atom. The molecule has 2 atom stereocenters. The summed E-state index contributed by atoms with van der Waals surface area (Å²) in [5.74, 6) is 1.48. The number of nitriles is 1. The molecule has 122 valence electrons. The van der Waals surface area contributed by atoms with Crippen LogP contribution in [-0.2, 0) is 0 Å². The van der Waals surface area contributed by atoms with Crippen LogP contribution in [0, 0.1) is 17.2 Å². The predicted molar refractivity (Wildman–Crippen MR) is 94.3 cm³/mol. The first kappa shape index (κ1) is 15.2. The van der Waals surface area contributed by atoms with Crippen LogP contribution in [0.15, 0.2) is 36.7 Å². The van der Waals surface area contributed by atoms with E-state index in [9.17, 15) is 0 Å². The van der Waals surface area contributed by atoms with E-state index in [1.807, 2.05) is 18.2 Å². The van der Waals surface area contributed by atoms with Gasteiger partial charge in [0, 0.05) is 38.1 Å². The molecule has 5 nitrogen and oxygen atoms in total. The molecule has 0 spiro atoms. The van der Waals surface area contributed by atoms with Crippen LogP contribution in [0.4, 0.5) is 11.6 Å². The molecule has 0 N–H and O–H groups in total. The minimum atomic E-state index is 0.410. The van der Waals surface area contributed by atoms with Crippen molar-refractivity contribution < 1.29 is 0 Å². The van der Waals surface area contributed by atoms with E-state index in [1.165, 1.54) is 6.42 Å². The lowest BCUT2D eigenvalue weighted by Gasteiger charge is -2.39. The molecule has 2 fully saturated rings. The monoisotopic (exact) mass is 339 g/mol. The van der Waals surface area contributed by atoms with Crippen molar-refractivity contribution in [1.29, 1.82) is 5.26 Å². The van der Waals surface area contributed by atoms with Crippen molar-refractivity contribution >= 4 is 23.2 Å². The summed E-state index contributed by atoms with van der Waals surface area (Å²) in [6.07, 6.45) is 5.91. The number of benzene rings is 1. The Morgan fingerprint density at radius 2 is 1.96 bits per heavy atom. The summed E-state index contributed by atoms with van der Waals surface area (Å²) in [7, 11) is 0. The average molecular weight is 340 g/mol. The second kappa shape index (κ2) is 6.29. The van der Waals surface area contributed by atoms with E-state index in [0.29, 0.717) is 22.5 Å². The third kappa shape index (κ3) is 2.67. The highest BCUT2D eigenvalue weighted by Crippen LogP contribution is 2.38. The Balaban J connectivity index is 1.59. The molecule has 1 aromatic carbocycles. The van der Waals surface area contributed by atoms with Crippen molar-refractivity contribution in [2.45, 2.75) is 18.9 Å². The van der Waals surface area contributed by atoms with Crippen LogP contribution in [0.1, 0.15) is 18.4 Å². The predicted octanol–water partition coefficient (Wildman–Crippen LogP) is 3.11. The minimum Gasteiger partial charge on any atom is -0.365 e. The molecule has 3 heterocycles. The van der Waals surface area contributed by atoms with Gasteiger partial charge in [0.25, 0.3) is 0 Å². The van der Waals surface area contributed by atoms with Crippen molar-refractivity contribution in [1.82, 2.24) is 9.97 Å². The highest BCUT2D eigenvalue weighted by molar-refractivity contribution is 6.33. The van der Waals surface area contributed by atoms with Gasteiger partial charge in [0.1, 0.15) is 0 Å². The Bertz CT molecular complexity index is 773. The van der Waals surface area contributed by atoms with Crippen LogP contribution in [0.25, 0.3) is 0 Å². The number of anilines is 2. The zero-order valence-electron chi connectivity index (χ0n) is 13.3. The summed E-state index contributed by atoms with van der Waals surface area (Å²) >= 11 is 6.44. The summed E-state index contributed by atoms with van der Waals surface area (Å²) in [5.41, 5.74) is 1.63. The third-order valence-electron chi connectivity index (χ3n) is 5.08. The Labute approximate surface area is 146 Å². The van der Waals surface area contributed by atoms with Gasteiger partial charge in [0.15, 0.2) is 0 Å². The maximum atomic E-state index is 9.02. The fourth-order valence-electron chi connectivity index (χ4n) is 3.89. The summed E-state index contributed by atoms with van der Waals surface area (Å²) in [6.45, 7) is 2.91. The first-order valence-corrected chi connectivity index (χ1v) is 8.62. The molecule has 2 saturated heterocycles. The zero-order chi connectivity index (χ0) is 16.5. The summed E-state index contributed by atoms with van der Waals surface area (Å²) in [4.78, 5) is 13.4. The quantitative estimate of drug-likeness (QED) is 0.841. The molecule has 0 bridgehead atoms. The summed E-state index contributed by atoms with van der Waals surface area (Å²) < 4.78 is 0. The molecule has 6 heteroatoms. The molecule has 2 aliphatic heterocycles. The van der Waals surface area contributed by atoms with Gasteiger partial charge in [-0.05, 0) is 43.0 Å². The first-order valence-electron chi connectivity index (χ1n) is 8.24. The van der Waals surface area contributed by atoms with Gasteiger partial charge in [-0.2, -0.15) is 5.26 Å². The van der Waals surface area contributed by atoms with Crippen molar-refractivity contribution in [3.63, 3.8) is 0 Å². The third-order valence-corrected chi connectivity index (χ3v) is 5.39. The van der Waals surface area contributed by atoms with Crippen molar-refractivity contribution in [2.24, 2.45) is 5.92 Å². The van der Waals surface area contributed by atoms with E-state index in [4.69, 9.17) is 16.9 Å². The number of hydrogen-bond donors (Lipinski definition) is 0. The van der Waals surface area contributed by atoms with Crippen LogP contribution in [0.3, 0.4) is 0 Å². The van der Waals surface area contributed by atoms with Gasteiger partial charge in [-0.1, -0.05) is 11.6 Å². The Hall–Kier alpha value is -2.32. The van der Waals surface area contributed by atoms with E-state index in [1.54, 1.807) is 18.5 Å². The fourth-order valence-corrected chi connectivity index (χ4v) is 4.17. The lowest BCUT2D eigenvalue weighted by atomic mass is 9.92. The number of nitrogens with zero attached hydrogens (tertiary/aromatic N) is 5. The maximum absolute atomic E-state index is 9.02. The van der Waals surface area contributed by atoms with E-state index in [0.717, 1.165) is 37.7 Å². The molecule has 2 aromatic rings. The molecular weight excluding hydrogens is 322 g/mol. The molecule has 0 saturated carbocycles. The van der Waals surface area contributed by atoms with Crippen LogP contribution < -0.4 is 9.80 Å². The van der Waals surface area contributed by atoms with E-state index < -0.39 is 0 Å². The first-order chi connectivity index (χ1) is 11.8. The Morgan fingerprint density at radius 1 is 1.17 bits per heavy atom. The molecule has 0 aliphatic carbocycles. The lowest BCUT2D eigenvalue weighted by molar-refractivity contribution is 0.387. The van der Waals surface area contributed by atoms with Crippen molar-refractivity contribution in [3.05, 3.63) is 47.2 Å². The summed E-state index contributed by atoms with van der Waals surface area (Å²) in [5, 5.41) is 9.68. The van der Waals surface area contributed by atoms with Crippen molar-refractivity contribution in [2.75, 3.05) is 29.4 Å². The SMILES string of the molecule is N#Cc1ccc(N2CCC3CCN(c4ncccn4)CC32)c(Cl)c1. The van der Waals surface area contributed by atoms with Crippen LogP contribution in [-0.4, -0.2) is 35.6 Å². The highest BCUT2D eigenvalue weighted by atomic mass is 35.5. The minimum absolute atomic E-state index is 0.410. The number of hydrogen-bond acceptors (Lipinski definition) is 5. The second-order valence-corrected chi connectivity index (χ2v) is 6.78. The number of halogens is 1. The highest BCUT2D eigenvalue weighted by Gasteiger charge is 2.39. The molecular formula is C18H18ClN5. The molecule has 1 aromatic heterocycles. The van der Waals surface area contributed by atoms with Crippen LogP contribution in [0.2, 0.25) is 5.02 Å². The molecule has 4 rings (SSSR count). The fraction of sp³-hybridized carbons (Fsp3) is 0.389.